The molecule has 100 valence electrons. The number of aryl methyl sites for hydroxylation is 1. The third kappa shape index (κ3) is 3.25. The van der Waals surface area contributed by atoms with Gasteiger partial charge in [-0.25, -0.2) is 0 Å². The average molecular weight is 268 g/mol. The molecule has 3 heteroatoms. The van der Waals surface area contributed by atoms with E-state index in [-0.39, 0.29) is 12.4 Å². The van der Waals surface area contributed by atoms with Gasteiger partial charge in [-0.3, -0.25) is 0 Å². The Morgan fingerprint density at radius 1 is 1.11 bits per heavy atom. The van der Waals surface area contributed by atoms with Crippen molar-refractivity contribution in [2.45, 2.75) is 57.4 Å². The molecule has 2 aliphatic rings. The number of hydrogen-bond donors (Lipinski definition) is 1. The molecule has 1 aromatic carbocycles. The maximum Gasteiger partial charge on any atom is 0.0720 e. The Morgan fingerprint density at radius 2 is 1.72 bits per heavy atom. The van der Waals surface area contributed by atoms with Crippen molar-refractivity contribution in [2.24, 2.45) is 0 Å². The number of benzene rings is 1. The number of fused-ring (bicyclic) bond motifs is 2. The largest absolute Gasteiger partial charge is 0.373 e. The zero-order valence-electron chi connectivity index (χ0n) is 10.9. The van der Waals surface area contributed by atoms with Crippen molar-refractivity contribution in [3.8, 4) is 0 Å². The Morgan fingerprint density at radius 3 is 2.33 bits per heavy atom. The summed E-state index contributed by atoms with van der Waals surface area (Å²) in [5, 5.41) is 3.65. The summed E-state index contributed by atoms with van der Waals surface area (Å²) in [7, 11) is 0. The molecule has 3 rings (SSSR count). The van der Waals surface area contributed by atoms with Crippen LogP contribution in [-0.2, 0) is 11.3 Å². The van der Waals surface area contributed by atoms with Gasteiger partial charge in [0.25, 0.3) is 0 Å². The summed E-state index contributed by atoms with van der Waals surface area (Å²) in [5.41, 5.74) is 2.61. The summed E-state index contributed by atoms with van der Waals surface area (Å²) in [5.74, 6) is 0. The van der Waals surface area contributed by atoms with Crippen LogP contribution in [0.15, 0.2) is 24.3 Å². The van der Waals surface area contributed by atoms with Gasteiger partial charge in [-0.2, -0.15) is 0 Å². The van der Waals surface area contributed by atoms with E-state index in [2.05, 4.69) is 36.5 Å². The van der Waals surface area contributed by atoms with Crippen LogP contribution in [0.2, 0.25) is 0 Å². The molecular formula is C15H22ClNO. The highest BCUT2D eigenvalue weighted by Gasteiger charge is 2.33. The molecule has 2 saturated heterocycles. The quantitative estimate of drug-likeness (QED) is 0.908. The Bertz CT molecular complexity index is 367. The van der Waals surface area contributed by atoms with E-state index < -0.39 is 0 Å². The highest BCUT2D eigenvalue weighted by atomic mass is 35.5. The van der Waals surface area contributed by atoms with Crippen LogP contribution in [0.1, 0.15) is 36.8 Å². The Kier molecular flexibility index (Phi) is 4.66. The molecule has 0 radical (unpaired) electrons. The minimum atomic E-state index is 0. The van der Waals surface area contributed by atoms with Crippen LogP contribution in [0.5, 0.6) is 0 Å². The van der Waals surface area contributed by atoms with Crippen molar-refractivity contribution >= 4 is 12.4 Å². The number of hydrogen-bond acceptors (Lipinski definition) is 2. The number of halogens is 1. The van der Waals surface area contributed by atoms with Crippen LogP contribution in [0.3, 0.4) is 0 Å². The molecule has 0 aromatic heterocycles. The molecule has 0 amide bonds. The van der Waals surface area contributed by atoms with E-state index in [9.17, 15) is 0 Å². The van der Waals surface area contributed by atoms with Gasteiger partial charge in [0.2, 0.25) is 0 Å². The molecule has 1 aromatic rings. The second-order valence-corrected chi connectivity index (χ2v) is 5.53. The number of ether oxygens (including phenoxy) is 1. The highest BCUT2D eigenvalue weighted by molar-refractivity contribution is 5.85. The monoisotopic (exact) mass is 267 g/mol. The fraction of sp³-hybridized carbons (Fsp3) is 0.600. The first kappa shape index (κ1) is 13.9. The Hall–Kier alpha value is -0.570. The van der Waals surface area contributed by atoms with Crippen molar-refractivity contribution in [2.75, 3.05) is 0 Å². The van der Waals surface area contributed by atoms with Crippen molar-refractivity contribution in [1.29, 1.82) is 0 Å². The van der Waals surface area contributed by atoms with E-state index >= 15 is 0 Å². The van der Waals surface area contributed by atoms with Crippen LogP contribution in [0.25, 0.3) is 0 Å². The molecule has 1 unspecified atom stereocenters. The maximum absolute atomic E-state index is 6.05. The van der Waals surface area contributed by atoms with Crippen molar-refractivity contribution < 1.29 is 4.74 Å². The summed E-state index contributed by atoms with van der Waals surface area (Å²) in [6.07, 6.45) is 5.55. The third-order valence-electron chi connectivity index (χ3n) is 4.04. The van der Waals surface area contributed by atoms with Gasteiger partial charge in [0.1, 0.15) is 0 Å². The lowest BCUT2D eigenvalue weighted by molar-refractivity contribution is 0.00917. The molecule has 2 heterocycles. The van der Waals surface area contributed by atoms with Crippen molar-refractivity contribution in [1.82, 2.24) is 5.32 Å². The molecule has 2 nitrogen and oxygen atoms in total. The minimum absolute atomic E-state index is 0. The van der Waals surface area contributed by atoms with E-state index in [0.717, 1.165) is 18.7 Å². The molecular weight excluding hydrogens is 246 g/mol. The molecule has 0 aliphatic carbocycles. The van der Waals surface area contributed by atoms with Gasteiger partial charge in [0.05, 0.1) is 12.7 Å². The third-order valence-corrected chi connectivity index (χ3v) is 4.04. The minimum Gasteiger partial charge on any atom is -0.373 e. The van der Waals surface area contributed by atoms with Gasteiger partial charge >= 0.3 is 0 Å². The molecule has 1 N–H and O–H groups in total. The normalized spacial score (nSPS) is 29.9. The van der Waals surface area contributed by atoms with Gasteiger partial charge < -0.3 is 10.1 Å². The Labute approximate surface area is 116 Å². The highest BCUT2D eigenvalue weighted by Crippen LogP contribution is 2.28. The maximum atomic E-state index is 6.05. The molecule has 0 spiro atoms. The van der Waals surface area contributed by atoms with E-state index in [4.69, 9.17) is 4.74 Å². The summed E-state index contributed by atoms with van der Waals surface area (Å²) < 4.78 is 6.05. The fourth-order valence-electron chi connectivity index (χ4n) is 3.04. The van der Waals surface area contributed by atoms with Gasteiger partial charge in [-0.05, 0) is 38.2 Å². The first-order valence-corrected chi connectivity index (χ1v) is 6.73. The molecule has 18 heavy (non-hydrogen) atoms. The van der Waals surface area contributed by atoms with Crippen LogP contribution in [-0.4, -0.2) is 18.2 Å². The SMILES string of the molecule is Cc1ccc(COC2C[C@H]3CC[C@@H](C2)N3)cc1.Cl. The first-order chi connectivity index (χ1) is 8.29. The first-order valence-electron chi connectivity index (χ1n) is 6.73. The van der Waals surface area contributed by atoms with E-state index in [1.165, 1.54) is 36.8 Å². The zero-order chi connectivity index (χ0) is 11.7. The molecule has 2 fully saturated rings. The molecule has 0 saturated carbocycles. The second-order valence-electron chi connectivity index (χ2n) is 5.53. The number of nitrogens with one attached hydrogen (secondary N) is 1. The lowest BCUT2D eigenvalue weighted by atomic mass is 10.0. The zero-order valence-corrected chi connectivity index (χ0v) is 11.7. The van der Waals surface area contributed by atoms with E-state index in [0.29, 0.717) is 6.10 Å². The number of rotatable bonds is 3. The van der Waals surface area contributed by atoms with E-state index in [1.54, 1.807) is 0 Å². The van der Waals surface area contributed by atoms with Crippen LogP contribution in [0.4, 0.5) is 0 Å². The number of piperidine rings is 1. The average Bonchev–Trinajstić information content (AvgIpc) is 2.68. The van der Waals surface area contributed by atoms with Crippen molar-refractivity contribution in [3.63, 3.8) is 0 Å². The van der Waals surface area contributed by atoms with Crippen molar-refractivity contribution in [3.05, 3.63) is 35.4 Å². The summed E-state index contributed by atoms with van der Waals surface area (Å²) in [4.78, 5) is 0. The predicted octanol–water partition coefficient (Wildman–Crippen LogP) is 3.22. The summed E-state index contributed by atoms with van der Waals surface area (Å²) >= 11 is 0. The topological polar surface area (TPSA) is 21.3 Å². The van der Waals surface area contributed by atoms with Gasteiger partial charge in [-0.15, -0.1) is 12.4 Å². The standard InChI is InChI=1S/C15H21NO.ClH/c1-11-2-4-12(5-3-11)10-17-15-8-13-6-7-14(9-15)16-13;/h2-5,13-16H,6-10H2,1H3;1H/t13-,14+,15?;. The second kappa shape index (κ2) is 6.05. The van der Waals surface area contributed by atoms with Crippen LogP contribution < -0.4 is 5.32 Å². The van der Waals surface area contributed by atoms with Crippen LogP contribution in [0, 0.1) is 6.92 Å². The summed E-state index contributed by atoms with van der Waals surface area (Å²) in [6.45, 7) is 2.89. The lowest BCUT2D eigenvalue weighted by Gasteiger charge is -2.29. The van der Waals surface area contributed by atoms with Gasteiger partial charge in [0.15, 0.2) is 0 Å². The smallest absolute Gasteiger partial charge is 0.0720 e. The predicted molar refractivity (Wildman–Crippen MR) is 76.2 cm³/mol. The van der Waals surface area contributed by atoms with Gasteiger partial charge in [-0.1, -0.05) is 29.8 Å². The fourth-order valence-corrected chi connectivity index (χ4v) is 3.04. The van der Waals surface area contributed by atoms with E-state index in [1.807, 2.05) is 0 Å². The van der Waals surface area contributed by atoms with Gasteiger partial charge in [0, 0.05) is 12.1 Å². The lowest BCUT2D eigenvalue weighted by Crippen LogP contribution is -2.41. The molecule has 2 bridgehead atoms. The molecule has 2 aliphatic heterocycles. The van der Waals surface area contributed by atoms with Crippen LogP contribution >= 0.6 is 12.4 Å². The Balaban J connectivity index is 0.00000120. The molecule has 3 atom stereocenters. The summed E-state index contributed by atoms with van der Waals surface area (Å²) in [6, 6.07) is 10.1.